The summed E-state index contributed by atoms with van der Waals surface area (Å²) in [6, 6.07) is 8.74. The number of aryl methyl sites for hydroxylation is 2. The van der Waals surface area contributed by atoms with Gasteiger partial charge >= 0.3 is 6.18 Å². The van der Waals surface area contributed by atoms with Crippen molar-refractivity contribution < 1.29 is 22.5 Å². The van der Waals surface area contributed by atoms with Crippen LogP contribution in [0.25, 0.3) is 11.3 Å². The summed E-state index contributed by atoms with van der Waals surface area (Å²) in [6.07, 6.45) is -4.71. The molecule has 1 aromatic carbocycles. The van der Waals surface area contributed by atoms with Crippen LogP contribution in [0.2, 0.25) is 0 Å². The lowest BCUT2D eigenvalue weighted by Crippen LogP contribution is -2.43. The van der Waals surface area contributed by atoms with E-state index in [-0.39, 0.29) is 24.5 Å². The zero-order chi connectivity index (χ0) is 20.1. The Morgan fingerprint density at radius 1 is 1.18 bits per heavy atom. The maximum Gasteiger partial charge on any atom is 0.410 e. The van der Waals surface area contributed by atoms with Gasteiger partial charge in [0.15, 0.2) is 6.04 Å². The molecule has 3 heterocycles. The monoisotopic (exact) mass is 390 g/mol. The summed E-state index contributed by atoms with van der Waals surface area (Å²) in [5, 5.41) is 7.87. The second-order valence-corrected chi connectivity index (χ2v) is 6.83. The summed E-state index contributed by atoms with van der Waals surface area (Å²) >= 11 is 0. The molecule has 28 heavy (non-hydrogen) atoms. The number of amides is 1. The molecule has 0 spiro atoms. The topological polar surface area (TPSA) is 64.2 Å². The number of hydrogen-bond acceptors (Lipinski definition) is 4. The molecule has 0 saturated carbocycles. The van der Waals surface area contributed by atoms with Gasteiger partial charge in [0.1, 0.15) is 11.5 Å². The molecule has 0 fully saturated rings. The number of fused-ring (bicyclic) bond motifs is 1. The smallest absolute Gasteiger partial charge is 0.350 e. The number of carbonyl (C=O) groups excluding carboxylic acids is 1. The summed E-state index contributed by atoms with van der Waals surface area (Å²) in [5.41, 5.74) is 2.75. The maximum absolute atomic E-state index is 13.3. The first-order chi connectivity index (χ1) is 13.2. The molecule has 3 aromatic rings. The number of nitrogens with zero attached hydrogens (tertiary/aromatic N) is 4. The minimum atomic E-state index is -4.44. The maximum atomic E-state index is 13.3. The van der Waals surface area contributed by atoms with Gasteiger partial charge in [0.2, 0.25) is 5.76 Å². The lowest BCUT2D eigenvalue weighted by Gasteiger charge is -2.33. The minimum Gasteiger partial charge on any atom is -0.350 e. The van der Waals surface area contributed by atoms with E-state index < -0.39 is 18.1 Å². The lowest BCUT2D eigenvalue weighted by atomic mass is 10.1. The first-order valence-electron chi connectivity index (χ1n) is 8.72. The Morgan fingerprint density at radius 3 is 2.57 bits per heavy atom. The molecule has 0 aliphatic carbocycles. The van der Waals surface area contributed by atoms with Gasteiger partial charge in [0.25, 0.3) is 5.91 Å². The molecule has 4 rings (SSSR count). The molecule has 0 N–H and O–H groups in total. The van der Waals surface area contributed by atoms with Gasteiger partial charge in [0.05, 0.1) is 5.69 Å². The van der Waals surface area contributed by atoms with Gasteiger partial charge in [-0.15, -0.1) is 0 Å². The van der Waals surface area contributed by atoms with Crippen LogP contribution in [-0.2, 0) is 0 Å². The second-order valence-electron chi connectivity index (χ2n) is 6.83. The highest BCUT2D eigenvalue weighted by molar-refractivity contribution is 6.04. The Morgan fingerprint density at radius 2 is 1.89 bits per heavy atom. The third kappa shape index (κ3) is 3.17. The summed E-state index contributed by atoms with van der Waals surface area (Å²) in [5.74, 6) is -0.483. The highest BCUT2D eigenvalue weighted by Crippen LogP contribution is 2.40. The van der Waals surface area contributed by atoms with Crippen LogP contribution in [0.4, 0.5) is 19.0 Å². The Labute approximate surface area is 158 Å². The van der Waals surface area contributed by atoms with Crippen molar-refractivity contribution in [2.45, 2.75) is 32.5 Å². The van der Waals surface area contributed by atoms with Crippen molar-refractivity contribution in [2.75, 3.05) is 11.4 Å². The van der Waals surface area contributed by atoms with Gasteiger partial charge in [-0.3, -0.25) is 9.69 Å². The molecule has 1 amide bonds. The average molecular weight is 390 g/mol. The van der Waals surface area contributed by atoms with Crippen LogP contribution in [0.5, 0.6) is 0 Å². The van der Waals surface area contributed by atoms with Gasteiger partial charge in [0, 0.05) is 24.2 Å². The van der Waals surface area contributed by atoms with E-state index in [1.807, 2.05) is 31.2 Å². The van der Waals surface area contributed by atoms with Gasteiger partial charge in [-0.05, 0) is 20.3 Å². The molecular formula is C19H17F3N4O2. The molecule has 0 saturated heterocycles. The van der Waals surface area contributed by atoms with Crippen LogP contribution in [0, 0.1) is 13.8 Å². The molecule has 146 valence electrons. The molecule has 9 heteroatoms. The molecule has 0 radical (unpaired) electrons. The van der Waals surface area contributed by atoms with E-state index in [1.54, 1.807) is 6.92 Å². The highest BCUT2D eigenvalue weighted by Gasteiger charge is 2.46. The fourth-order valence-electron chi connectivity index (χ4n) is 3.30. The van der Waals surface area contributed by atoms with Crippen LogP contribution in [0.3, 0.4) is 0 Å². The number of anilines is 1. The third-order valence-corrected chi connectivity index (χ3v) is 4.73. The van der Waals surface area contributed by atoms with E-state index in [1.165, 1.54) is 17.0 Å². The lowest BCUT2D eigenvalue weighted by molar-refractivity contribution is -0.172. The van der Waals surface area contributed by atoms with Crippen molar-refractivity contribution in [1.29, 1.82) is 0 Å². The minimum absolute atomic E-state index is 0.0357. The van der Waals surface area contributed by atoms with E-state index in [4.69, 9.17) is 4.52 Å². The SMILES string of the molecule is Cc1ccc(-c2cc(C(=O)N3CCC(C(F)(F)F)n4nc(C)cc43)on2)cc1. The molecule has 1 aliphatic heterocycles. The van der Waals surface area contributed by atoms with E-state index in [0.29, 0.717) is 11.4 Å². The Bertz CT molecular complexity index is 1020. The standard InChI is InChI=1S/C19H17F3N4O2/c1-11-3-5-13(6-4-11)14-10-15(28-24-14)18(27)25-8-7-16(19(20,21)22)26-17(25)9-12(2)23-26/h3-6,9-10,16H,7-8H2,1-2H3. The summed E-state index contributed by atoms with van der Waals surface area (Å²) in [7, 11) is 0. The Hall–Kier alpha value is -3.10. The zero-order valence-corrected chi connectivity index (χ0v) is 15.2. The van der Waals surface area contributed by atoms with Crippen molar-refractivity contribution in [3.05, 3.63) is 53.4 Å². The van der Waals surface area contributed by atoms with Gasteiger partial charge < -0.3 is 4.52 Å². The predicted octanol–water partition coefficient (Wildman–Crippen LogP) is 4.31. The zero-order valence-electron chi connectivity index (χ0n) is 15.2. The number of aromatic nitrogens is 3. The number of halogens is 3. The summed E-state index contributed by atoms with van der Waals surface area (Å²) in [6.45, 7) is 3.46. The Kier molecular flexibility index (Phi) is 4.24. The molecule has 1 atom stereocenters. The normalized spacial score (nSPS) is 16.9. The first kappa shape index (κ1) is 18.3. The number of rotatable bonds is 2. The largest absolute Gasteiger partial charge is 0.410 e. The number of hydrogen-bond donors (Lipinski definition) is 0. The molecule has 1 unspecified atom stereocenters. The molecule has 0 bridgehead atoms. The highest BCUT2D eigenvalue weighted by atomic mass is 19.4. The number of benzene rings is 1. The predicted molar refractivity (Wildman–Crippen MR) is 95.0 cm³/mol. The molecule has 1 aliphatic rings. The van der Waals surface area contributed by atoms with Gasteiger partial charge in [-0.2, -0.15) is 18.3 Å². The van der Waals surface area contributed by atoms with Crippen LogP contribution >= 0.6 is 0 Å². The average Bonchev–Trinajstić information content (AvgIpc) is 3.26. The van der Waals surface area contributed by atoms with E-state index in [2.05, 4.69) is 10.3 Å². The summed E-state index contributed by atoms with van der Waals surface area (Å²) < 4.78 is 46.0. The molecule has 2 aromatic heterocycles. The Balaban J connectivity index is 1.64. The number of carbonyl (C=O) groups is 1. The van der Waals surface area contributed by atoms with E-state index in [0.717, 1.165) is 15.8 Å². The van der Waals surface area contributed by atoms with Crippen molar-refractivity contribution >= 4 is 11.7 Å². The fourth-order valence-corrected chi connectivity index (χ4v) is 3.30. The first-order valence-corrected chi connectivity index (χ1v) is 8.72. The van der Waals surface area contributed by atoms with Crippen LogP contribution in [-0.4, -0.2) is 33.6 Å². The van der Waals surface area contributed by atoms with Crippen molar-refractivity contribution in [3.63, 3.8) is 0 Å². The second kappa shape index (κ2) is 6.50. The molecular weight excluding hydrogens is 373 g/mol. The van der Waals surface area contributed by atoms with E-state index >= 15 is 0 Å². The number of alkyl halides is 3. The summed E-state index contributed by atoms with van der Waals surface area (Å²) in [4.78, 5) is 14.1. The van der Waals surface area contributed by atoms with E-state index in [9.17, 15) is 18.0 Å². The van der Waals surface area contributed by atoms with Gasteiger partial charge in [-0.1, -0.05) is 35.0 Å². The third-order valence-electron chi connectivity index (χ3n) is 4.73. The van der Waals surface area contributed by atoms with Crippen LogP contribution < -0.4 is 4.90 Å². The van der Waals surface area contributed by atoms with Crippen molar-refractivity contribution in [1.82, 2.24) is 14.9 Å². The van der Waals surface area contributed by atoms with Crippen LogP contribution in [0.15, 0.2) is 40.9 Å². The molecule has 6 nitrogen and oxygen atoms in total. The fraction of sp³-hybridized carbons (Fsp3) is 0.316. The quantitative estimate of drug-likeness (QED) is 0.654. The van der Waals surface area contributed by atoms with Gasteiger partial charge in [-0.25, -0.2) is 4.68 Å². The van der Waals surface area contributed by atoms with Crippen molar-refractivity contribution in [3.8, 4) is 11.3 Å². The van der Waals surface area contributed by atoms with Crippen molar-refractivity contribution in [2.24, 2.45) is 0 Å². The van der Waals surface area contributed by atoms with Crippen LogP contribution in [0.1, 0.15) is 34.3 Å².